The van der Waals surface area contributed by atoms with Gasteiger partial charge in [0, 0.05) is 11.4 Å². The number of aliphatic hydroxyl groups excluding tert-OH is 1. The Hall–Kier alpha value is -0.860. The van der Waals surface area contributed by atoms with Gasteiger partial charge < -0.3 is 5.11 Å². The molecule has 0 spiro atoms. The van der Waals surface area contributed by atoms with Crippen molar-refractivity contribution in [2.24, 2.45) is 0 Å². The van der Waals surface area contributed by atoms with Crippen LogP contribution in [0.1, 0.15) is 5.56 Å². The monoisotopic (exact) mass is 184 g/mol. The number of benzene rings is 1. The first-order valence-corrected chi connectivity index (χ1v) is 3.98. The molecular formula is C9H9ClO2. The van der Waals surface area contributed by atoms with Crippen LogP contribution in [0.4, 0.5) is 0 Å². The van der Waals surface area contributed by atoms with Crippen molar-refractivity contribution >= 4 is 17.4 Å². The molecule has 1 aromatic rings. The van der Waals surface area contributed by atoms with Crippen LogP contribution >= 0.6 is 11.6 Å². The van der Waals surface area contributed by atoms with E-state index in [2.05, 4.69) is 0 Å². The first-order valence-electron chi connectivity index (χ1n) is 3.60. The molecule has 3 heteroatoms. The van der Waals surface area contributed by atoms with Crippen LogP contribution in [0.5, 0.6) is 0 Å². The lowest BCUT2D eigenvalue weighted by molar-refractivity contribution is -0.121. The number of carbonyl (C=O) groups excluding carboxylic acids is 1. The summed E-state index contributed by atoms with van der Waals surface area (Å²) in [6.07, 6.45) is 0.205. The van der Waals surface area contributed by atoms with E-state index in [0.29, 0.717) is 5.02 Å². The Labute approximate surface area is 75.8 Å². The van der Waals surface area contributed by atoms with Crippen molar-refractivity contribution in [2.75, 3.05) is 6.61 Å². The summed E-state index contributed by atoms with van der Waals surface area (Å²) >= 11 is 5.79. The summed E-state index contributed by atoms with van der Waals surface area (Å²) < 4.78 is 0. The molecule has 0 unspecified atom stereocenters. The van der Waals surface area contributed by atoms with Crippen molar-refractivity contribution in [1.82, 2.24) is 0 Å². The van der Waals surface area contributed by atoms with E-state index in [4.69, 9.17) is 16.7 Å². The molecule has 0 bridgehead atoms. The lowest BCUT2D eigenvalue weighted by Gasteiger charge is -2.00. The smallest absolute Gasteiger partial charge is 0.162 e. The van der Waals surface area contributed by atoms with Gasteiger partial charge in [-0.25, -0.2) is 0 Å². The summed E-state index contributed by atoms with van der Waals surface area (Å²) in [6.45, 7) is -0.425. The maximum absolute atomic E-state index is 10.8. The van der Waals surface area contributed by atoms with E-state index in [0.717, 1.165) is 5.56 Å². The number of hydrogen-bond acceptors (Lipinski definition) is 2. The zero-order valence-electron chi connectivity index (χ0n) is 6.46. The van der Waals surface area contributed by atoms with Crippen molar-refractivity contribution < 1.29 is 9.90 Å². The van der Waals surface area contributed by atoms with Gasteiger partial charge in [-0.1, -0.05) is 29.8 Å². The van der Waals surface area contributed by atoms with Gasteiger partial charge in [0.25, 0.3) is 0 Å². The minimum Gasteiger partial charge on any atom is -0.389 e. The first kappa shape index (κ1) is 9.23. The lowest BCUT2D eigenvalue weighted by atomic mass is 10.1. The lowest BCUT2D eigenvalue weighted by Crippen LogP contribution is -2.07. The molecule has 1 rings (SSSR count). The number of rotatable bonds is 3. The highest BCUT2D eigenvalue weighted by Crippen LogP contribution is 2.15. The number of carbonyl (C=O) groups is 1. The number of halogens is 1. The molecule has 2 nitrogen and oxygen atoms in total. The van der Waals surface area contributed by atoms with Gasteiger partial charge in [0.1, 0.15) is 6.61 Å². The molecular weight excluding hydrogens is 176 g/mol. The van der Waals surface area contributed by atoms with Crippen LogP contribution in [0, 0.1) is 0 Å². The van der Waals surface area contributed by atoms with Crippen LogP contribution in [0.2, 0.25) is 5.02 Å². The van der Waals surface area contributed by atoms with Gasteiger partial charge in [0.05, 0.1) is 0 Å². The summed E-state index contributed by atoms with van der Waals surface area (Å²) in [4.78, 5) is 10.8. The molecule has 0 radical (unpaired) electrons. The van der Waals surface area contributed by atoms with E-state index < -0.39 is 6.61 Å². The fourth-order valence-electron chi connectivity index (χ4n) is 0.910. The Bertz CT molecular complexity index is 284. The fourth-order valence-corrected chi connectivity index (χ4v) is 1.11. The molecule has 0 aliphatic carbocycles. The minimum atomic E-state index is -0.425. The molecule has 0 heterocycles. The molecule has 0 saturated carbocycles. The van der Waals surface area contributed by atoms with E-state index in [9.17, 15) is 4.79 Å². The average Bonchev–Trinajstić information content (AvgIpc) is 2.09. The molecule has 1 aromatic carbocycles. The van der Waals surface area contributed by atoms with Gasteiger partial charge in [-0.3, -0.25) is 4.79 Å². The number of ketones is 1. The molecule has 0 amide bonds. The maximum atomic E-state index is 10.8. The van der Waals surface area contributed by atoms with E-state index >= 15 is 0 Å². The van der Waals surface area contributed by atoms with Crippen molar-refractivity contribution in [3.8, 4) is 0 Å². The summed E-state index contributed by atoms with van der Waals surface area (Å²) in [5, 5.41) is 9.06. The van der Waals surface area contributed by atoms with Crippen molar-refractivity contribution in [2.45, 2.75) is 6.42 Å². The van der Waals surface area contributed by atoms with E-state index in [1.54, 1.807) is 18.2 Å². The van der Waals surface area contributed by atoms with Crippen LogP contribution in [-0.4, -0.2) is 17.5 Å². The highest BCUT2D eigenvalue weighted by molar-refractivity contribution is 6.31. The van der Waals surface area contributed by atoms with Crippen LogP contribution in [0.3, 0.4) is 0 Å². The number of hydrogen-bond donors (Lipinski definition) is 1. The second-order valence-corrected chi connectivity index (χ2v) is 2.87. The van der Waals surface area contributed by atoms with E-state index in [1.165, 1.54) is 0 Å². The SMILES string of the molecule is O=C(CO)Cc1ccccc1Cl. The van der Waals surface area contributed by atoms with Crippen molar-refractivity contribution in [3.63, 3.8) is 0 Å². The van der Waals surface area contributed by atoms with Gasteiger partial charge in [0.2, 0.25) is 0 Å². The Morgan fingerprint density at radius 2 is 2.08 bits per heavy atom. The number of Topliss-reactive ketones (excluding diaryl/α,β-unsaturated/α-hetero) is 1. The molecule has 0 fully saturated rings. The zero-order valence-corrected chi connectivity index (χ0v) is 7.21. The third kappa shape index (κ3) is 2.32. The second kappa shape index (κ2) is 4.24. The van der Waals surface area contributed by atoms with Crippen LogP contribution in [0.25, 0.3) is 0 Å². The number of aliphatic hydroxyl groups is 1. The van der Waals surface area contributed by atoms with Crippen molar-refractivity contribution in [3.05, 3.63) is 34.9 Å². The van der Waals surface area contributed by atoms with Crippen LogP contribution in [0.15, 0.2) is 24.3 Å². The normalized spacial score (nSPS) is 9.83. The predicted molar refractivity (Wildman–Crippen MR) is 47.2 cm³/mol. The largest absolute Gasteiger partial charge is 0.389 e. The topological polar surface area (TPSA) is 37.3 Å². The first-order chi connectivity index (χ1) is 5.74. The van der Waals surface area contributed by atoms with Crippen LogP contribution < -0.4 is 0 Å². The molecule has 12 heavy (non-hydrogen) atoms. The van der Waals surface area contributed by atoms with Gasteiger partial charge in [-0.2, -0.15) is 0 Å². The summed E-state index contributed by atoms with van der Waals surface area (Å²) in [6, 6.07) is 7.11. The predicted octanol–water partition coefficient (Wildman–Crippen LogP) is 1.44. The Morgan fingerprint density at radius 3 is 2.67 bits per heavy atom. The summed E-state index contributed by atoms with van der Waals surface area (Å²) in [5.74, 6) is -0.219. The molecule has 1 N–H and O–H groups in total. The maximum Gasteiger partial charge on any atom is 0.162 e. The van der Waals surface area contributed by atoms with Gasteiger partial charge in [0.15, 0.2) is 5.78 Å². The fraction of sp³-hybridized carbons (Fsp3) is 0.222. The molecule has 0 saturated heterocycles. The van der Waals surface area contributed by atoms with Gasteiger partial charge in [-0.15, -0.1) is 0 Å². The van der Waals surface area contributed by atoms with E-state index in [-0.39, 0.29) is 12.2 Å². The Balaban J connectivity index is 2.75. The summed E-state index contributed by atoms with van der Waals surface area (Å²) in [7, 11) is 0. The van der Waals surface area contributed by atoms with Crippen LogP contribution in [-0.2, 0) is 11.2 Å². The minimum absolute atomic E-state index is 0.205. The Kier molecular flexibility index (Phi) is 3.26. The third-order valence-electron chi connectivity index (χ3n) is 1.52. The molecule has 0 aliphatic heterocycles. The quantitative estimate of drug-likeness (QED) is 0.772. The highest BCUT2D eigenvalue weighted by Gasteiger charge is 2.04. The van der Waals surface area contributed by atoms with Gasteiger partial charge in [-0.05, 0) is 11.6 Å². The van der Waals surface area contributed by atoms with Crippen molar-refractivity contribution in [1.29, 1.82) is 0 Å². The zero-order chi connectivity index (χ0) is 8.97. The molecule has 64 valence electrons. The third-order valence-corrected chi connectivity index (χ3v) is 1.89. The summed E-state index contributed by atoms with van der Waals surface area (Å²) in [5.41, 5.74) is 0.762. The van der Waals surface area contributed by atoms with Gasteiger partial charge >= 0.3 is 0 Å². The average molecular weight is 185 g/mol. The standard InChI is InChI=1S/C9H9ClO2/c10-9-4-2-1-3-7(9)5-8(12)6-11/h1-4,11H,5-6H2. The Morgan fingerprint density at radius 1 is 1.42 bits per heavy atom. The second-order valence-electron chi connectivity index (χ2n) is 2.46. The highest BCUT2D eigenvalue weighted by atomic mass is 35.5. The molecule has 0 aliphatic rings. The van der Waals surface area contributed by atoms with E-state index in [1.807, 2.05) is 6.07 Å². The molecule has 0 aromatic heterocycles. The molecule has 0 atom stereocenters.